The average molecular weight is 993 g/mol. The Labute approximate surface area is 401 Å². The van der Waals surface area contributed by atoms with Crippen LogP contribution < -0.4 is 65.9 Å². The molecule has 0 unspecified atom stereocenters. The van der Waals surface area contributed by atoms with Crippen molar-refractivity contribution in [3.05, 3.63) is 35.9 Å². The Morgan fingerprint density at radius 1 is 0.809 bits per heavy atom. The third-order valence-electron chi connectivity index (χ3n) is 10.2. The molecule has 1 heterocycles. The monoisotopic (exact) mass is 992 g/mol. The first kappa shape index (κ1) is 57.5. The number of amides is 11. The van der Waals surface area contributed by atoms with Gasteiger partial charge in [0.25, 0.3) is 0 Å². The van der Waals surface area contributed by atoms with E-state index in [2.05, 4.69) is 42.2 Å². The number of carbonyl (C=O) groups excluding carboxylic acids is 11. The molecule has 1 aromatic rings. The highest BCUT2D eigenvalue weighted by atomic mass is 33.1. The number of aliphatic imine (C=N–C) groups is 1. The molecular formula is C41H64N14O11S2. The van der Waals surface area contributed by atoms with E-state index >= 15 is 0 Å². The number of nitrogens with zero attached hydrogens (tertiary/aromatic N) is 2. The number of guanidine groups is 1. The van der Waals surface area contributed by atoms with Gasteiger partial charge in [-0.05, 0) is 30.7 Å². The normalized spacial score (nSPS) is 20.8. The summed E-state index contributed by atoms with van der Waals surface area (Å²) in [6, 6.07) is 0.435. The molecule has 7 atom stereocenters. The number of rotatable bonds is 20. The number of benzene rings is 1. The standard InChI is InChI=1S/C41H64N14O11S2/c1-4-22(2)34-39(65)51-25(12-13-29(42)56)36(62)52-27(18-30(43)57)37(63)53-28(21-68-67-16-14-32(59)50-26(38(64)54-34)17-23-9-6-5-7-10-23)40(66)55(3)20-33(60)49-24(11-8-15-47-41(45)46)35(61)48-19-31(44)58/h5-7,9-10,22,24-28,34H,4,8,11-21H2,1-3H3,(H2,42,56)(H2,43,57)(H2,44,58)(H,48,61)(H,49,60)(H,50,59)(H,51,65)(H,52,62)(H,53,63)(H,54,64)(H4,45,46,47)/t22-,24-,25-,26+,27-,28-,34-/m0/s1. The predicted octanol–water partition coefficient (Wildman–Crippen LogP) is -4.78. The molecule has 376 valence electrons. The smallest absolute Gasteiger partial charge is 0.246 e. The molecule has 1 aromatic carbocycles. The first-order chi connectivity index (χ1) is 32.1. The molecular weight excluding hydrogens is 929 g/mol. The maximum atomic E-state index is 14.0. The van der Waals surface area contributed by atoms with Crippen LogP contribution in [-0.4, -0.2) is 150 Å². The van der Waals surface area contributed by atoms with Crippen LogP contribution in [0.5, 0.6) is 0 Å². The Kier molecular flexibility index (Phi) is 25.3. The van der Waals surface area contributed by atoms with Gasteiger partial charge >= 0.3 is 0 Å². The lowest BCUT2D eigenvalue weighted by atomic mass is 9.96. The average Bonchev–Trinajstić information content (AvgIpc) is 3.27. The summed E-state index contributed by atoms with van der Waals surface area (Å²) in [7, 11) is 3.42. The lowest BCUT2D eigenvalue weighted by molar-refractivity contribution is -0.139. The molecule has 0 saturated carbocycles. The van der Waals surface area contributed by atoms with Gasteiger partial charge in [0, 0.05) is 44.4 Å². The number of hydrogen-bond donors (Lipinski definition) is 12. The Balaban J connectivity index is 2.52. The van der Waals surface area contributed by atoms with Crippen molar-refractivity contribution in [2.45, 2.75) is 101 Å². The van der Waals surface area contributed by atoms with Crippen LogP contribution in [0, 0.1) is 5.92 Å². The summed E-state index contributed by atoms with van der Waals surface area (Å²) in [6.45, 7) is 2.36. The van der Waals surface area contributed by atoms with E-state index in [0.717, 1.165) is 26.5 Å². The van der Waals surface area contributed by atoms with E-state index in [-0.39, 0.29) is 56.1 Å². The van der Waals surface area contributed by atoms with Gasteiger partial charge in [-0.25, -0.2) is 0 Å². The highest BCUT2D eigenvalue weighted by Gasteiger charge is 2.36. The fraction of sp³-hybridized carbons (Fsp3) is 0.561. The van der Waals surface area contributed by atoms with Crippen LogP contribution in [0.15, 0.2) is 35.3 Å². The zero-order valence-corrected chi connectivity index (χ0v) is 39.8. The minimum absolute atomic E-state index is 0.00864. The number of likely N-dealkylation sites (N-methyl/N-ethyl adjacent to an activating group) is 1. The lowest BCUT2D eigenvalue weighted by Crippen LogP contribution is -2.61. The summed E-state index contributed by atoms with van der Waals surface area (Å²) in [6.07, 6.45) is -1.04. The Morgan fingerprint density at radius 2 is 1.46 bits per heavy atom. The van der Waals surface area contributed by atoms with Crippen molar-refractivity contribution in [1.82, 2.24) is 42.1 Å². The van der Waals surface area contributed by atoms with Gasteiger partial charge in [-0.15, -0.1) is 0 Å². The van der Waals surface area contributed by atoms with E-state index in [4.69, 9.17) is 28.7 Å². The van der Waals surface area contributed by atoms with Crippen LogP contribution in [0.4, 0.5) is 0 Å². The zero-order chi connectivity index (χ0) is 50.9. The SMILES string of the molecule is CC[C@H](C)[C@@H]1NC(=O)[C@@H](Cc2ccccc2)NC(=O)CCSSC[C@@H](C(=O)N(C)CC(=O)N[C@@H](CCCN=C(N)N)C(=O)NCC(N)=O)NC(=O)[C@H](CC(N)=O)NC(=O)[C@H](CCC(N)=O)NC1=O. The highest BCUT2D eigenvalue weighted by Crippen LogP contribution is 2.24. The zero-order valence-electron chi connectivity index (χ0n) is 38.2. The van der Waals surface area contributed by atoms with Crippen molar-refractivity contribution < 1.29 is 52.7 Å². The maximum Gasteiger partial charge on any atom is 0.246 e. The van der Waals surface area contributed by atoms with Gasteiger partial charge in [-0.1, -0.05) is 72.2 Å². The molecule has 0 aliphatic carbocycles. The molecule has 68 heavy (non-hydrogen) atoms. The number of hydrogen-bond acceptors (Lipinski definition) is 14. The van der Waals surface area contributed by atoms with Crippen molar-refractivity contribution in [3.63, 3.8) is 0 Å². The quantitative estimate of drug-likeness (QED) is 0.0253. The van der Waals surface area contributed by atoms with Crippen LogP contribution in [0.25, 0.3) is 0 Å². The molecule has 0 aromatic heterocycles. The summed E-state index contributed by atoms with van der Waals surface area (Å²) in [5.41, 5.74) is 27.4. The number of carbonyl (C=O) groups is 11. The fourth-order valence-electron chi connectivity index (χ4n) is 6.41. The molecule has 1 saturated heterocycles. The molecule has 1 aliphatic rings. The molecule has 11 amide bonds. The number of nitrogens with two attached hydrogens (primary N) is 5. The van der Waals surface area contributed by atoms with Crippen LogP contribution in [-0.2, 0) is 59.2 Å². The summed E-state index contributed by atoms with van der Waals surface area (Å²) in [5.74, 6) is -10.1. The Morgan fingerprint density at radius 3 is 2.07 bits per heavy atom. The van der Waals surface area contributed by atoms with Gasteiger partial charge in [-0.3, -0.25) is 57.7 Å². The van der Waals surface area contributed by atoms with E-state index in [9.17, 15) is 52.7 Å². The largest absolute Gasteiger partial charge is 0.370 e. The molecule has 17 N–H and O–H groups in total. The van der Waals surface area contributed by atoms with E-state index in [1.807, 2.05) is 0 Å². The summed E-state index contributed by atoms with van der Waals surface area (Å²) in [4.78, 5) is 150. The van der Waals surface area contributed by atoms with E-state index in [0.29, 0.717) is 12.0 Å². The third kappa shape index (κ3) is 21.8. The maximum absolute atomic E-state index is 14.0. The van der Waals surface area contributed by atoms with Crippen LogP contribution in [0.2, 0.25) is 0 Å². The highest BCUT2D eigenvalue weighted by molar-refractivity contribution is 8.76. The molecule has 0 spiro atoms. The van der Waals surface area contributed by atoms with Crippen molar-refractivity contribution in [3.8, 4) is 0 Å². The van der Waals surface area contributed by atoms with Gasteiger partial charge in [-0.2, -0.15) is 0 Å². The number of nitrogens with one attached hydrogen (secondary N) is 7. The molecule has 27 heteroatoms. The van der Waals surface area contributed by atoms with E-state index < -0.39 is 133 Å². The Bertz CT molecular complexity index is 1990. The Hall–Kier alpha value is -6.64. The summed E-state index contributed by atoms with van der Waals surface area (Å²) >= 11 is 0. The third-order valence-corrected chi connectivity index (χ3v) is 12.6. The second-order valence-corrected chi connectivity index (χ2v) is 18.5. The molecule has 1 fully saturated rings. The van der Waals surface area contributed by atoms with Crippen molar-refractivity contribution in [2.24, 2.45) is 39.6 Å². The van der Waals surface area contributed by atoms with E-state index in [1.165, 1.54) is 7.05 Å². The molecule has 1 aliphatic heterocycles. The number of primary amides is 3. The molecule has 25 nitrogen and oxygen atoms in total. The topological polar surface area (TPSA) is 418 Å². The first-order valence-corrected chi connectivity index (χ1v) is 24.1. The van der Waals surface area contributed by atoms with Gasteiger partial charge in [0.15, 0.2) is 5.96 Å². The second kappa shape index (κ2) is 29.9. The summed E-state index contributed by atoms with van der Waals surface area (Å²) in [5, 5.41) is 17.7. The van der Waals surface area contributed by atoms with Crippen LogP contribution in [0.3, 0.4) is 0 Å². The van der Waals surface area contributed by atoms with Crippen molar-refractivity contribution in [2.75, 3.05) is 38.2 Å². The molecule has 0 bridgehead atoms. The molecule has 0 radical (unpaired) electrons. The predicted molar refractivity (Wildman–Crippen MR) is 253 cm³/mol. The minimum atomic E-state index is -1.74. The lowest BCUT2D eigenvalue weighted by Gasteiger charge is -2.29. The fourth-order valence-corrected chi connectivity index (χ4v) is 8.55. The van der Waals surface area contributed by atoms with Crippen molar-refractivity contribution >= 4 is 92.5 Å². The van der Waals surface area contributed by atoms with Crippen LogP contribution in [0.1, 0.15) is 64.4 Å². The van der Waals surface area contributed by atoms with Gasteiger partial charge in [0.2, 0.25) is 65.0 Å². The van der Waals surface area contributed by atoms with Crippen molar-refractivity contribution in [1.29, 1.82) is 0 Å². The van der Waals surface area contributed by atoms with Gasteiger partial charge in [0.1, 0.15) is 36.3 Å². The minimum Gasteiger partial charge on any atom is -0.370 e. The van der Waals surface area contributed by atoms with Crippen LogP contribution >= 0.6 is 21.6 Å². The van der Waals surface area contributed by atoms with E-state index in [1.54, 1.807) is 44.2 Å². The van der Waals surface area contributed by atoms with Gasteiger partial charge in [0.05, 0.1) is 19.5 Å². The first-order valence-electron chi connectivity index (χ1n) is 21.6. The summed E-state index contributed by atoms with van der Waals surface area (Å²) < 4.78 is 0. The second-order valence-electron chi connectivity index (χ2n) is 15.8. The van der Waals surface area contributed by atoms with Gasteiger partial charge < -0.3 is 70.8 Å². The molecule has 2 rings (SSSR count).